The summed E-state index contributed by atoms with van der Waals surface area (Å²) in [5.74, 6) is -0.415. The van der Waals surface area contributed by atoms with Gasteiger partial charge in [0.05, 0.1) is 19.3 Å². The van der Waals surface area contributed by atoms with Crippen LogP contribution in [0.15, 0.2) is 72.8 Å². The minimum absolute atomic E-state index is 0.201. The maximum Gasteiger partial charge on any atom is 0.407 e. The van der Waals surface area contributed by atoms with Gasteiger partial charge in [-0.25, -0.2) is 9.59 Å². The zero-order valence-electron chi connectivity index (χ0n) is 22.7. The van der Waals surface area contributed by atoms with E-state index in [-0.39, 0.29) is 11.6 Å². The lowest BCUT2D eigenvalue weighted by Gasteiger charge is -2.43. The zero-order chi connectivity index (χ0) is 26.8. The van der Waals surface area contributed by atoms with Gasteiger partial charge < -0.3 is 19.2 Å². The monoisotopic (exact) mass is 511 g/mol. The van der Waals surface area contributed by atoms with Gasteiger partial charge in [-0.2, -0.15) is 0 Å². The first-order valence-electron chi connectivity index (χ1n) is 12.5. The average molecular weight is 512 g/mol. The molecular weight excluding hydrogens is 470 g/mol. The van der Waals surface area contributed by atoms with Crippen molar-refractivity contribution in [3.05, 3.63) is 72.8 Å². The van der Waals surface area contributed by atoms with E-state index in [1.807, 2.05) is 57.2 Å². The first kappa shape index (κ1) is 29.3. The lowest BCUT2D eigenvalue weighted by Crippen LogP contribution is -2.67. The zero-order valence-corrected chi connectivity index (χ0v) is 23.7. The molecule has 1 amide bonds. The van der Waals surface area contributed by atoms with Gasteiger partial charge in [-0.05, 0) is 49.5 Å². The van der Waals surface area contributed by atoms with Gasteiger partial charge in [0.15, 0.2) is 0 Å². The van der Waals surface area contributed by atoms with E-state index in [9.17, 15) is 9.59 Å². The van der Waals surface area contributed by atoms with E-state index >= 15 is 0 Å². The molecule has 2 rings (SSSR count). The molecule has 0 spiro atoms. The molecule has 0 bridgehead atoms. The summed E-state index contributed by atoms with van der Waals surface area (Å²) >= 11 is 0. The number of benzene rings is 2. The Kier molecular flexibility index (Phi) is 10.5. The molecular formula is C29H41NO5Si. The molecule has 0 unspecified atom stereocenters. The lowest BCUT2D eigenvalue weighted by molar-refractivity contribution is -0.137. The second-order valence-electron chi connectivity index (χ2n) is 10.7. The third-order valence-electron chi connectivity index (χ3n) is 5.60. The number of hydrogen-bond donors (Lipinski definition) is 1. The summed E-state index contributed by atoms with van der Waals surface area (Å²) in [7, 11) is -2.79. The summed E-state index contributed by atoms with van der Waals surface area (Å²) in [5, 5.41) is 5.05. The van der Waals surface area contributed by atoms with Crippen molar-refractivity contribution in [2.24, 2.45) is 0 Å². The molecule has 2 aromatic rings. The minimum atomic E-state index is -2.79. The largest absolute Gasteiger partial charge is 0.463 e. The highest BCUT2D eigenvalue weighted by Gasteiger charge is 2.50. The van der Waals surface area contributed by atoms with Crippen molar-refractivity contribution in [3.63, 3.8) is 0 Å². The highest BCUT2D eigenvalue weighted by atomic mass is 28.4. The van der Waals surface area contributed by atoms with Crippen LogP contribution in [0.25, 0.3) is 0 Å². The maximum absolute atomic E-state index is 12.6. The SMILES string of the molecule is CCOC(=O)/C=C/C[C@@H](CO[Si](c1ccccc1)(c1ccccc1)C(C)(C)C)NC(=O)OC(C)(C)C. The molecule has 0 aliphatic rings. The van der Waals surface area contributed by atoms with E-state index in [1.165, 1.54) is 6.08 Å². The molecule has 0 aromatic heterocycles. The predicted octanol–water partition coefficient (Wildman–Crippen LogP) is 4.97. The second-order valence-corrected chi connectivity index (χ2v) is 15.0. The first-order valence-corrected chi connectivity index (χ1v) is 14.4. The van der Waals surface area contributed by atoms with Crippen molar-refractivity contribution in [2.45, 2.75) is 71.6 Å². The van der Waals surface area contributed by atoms with Gasteiger partial charge in [0.25, 0.3) is 8.32 Å². The molecule has 0 aliphatic heterocycles. The Morgan fingerprint density at radius 2 is 1.44 bits per heavy atom. The number of carbonyl (C=O) groups excluding carboxylic acids is 2. The van der Waals surface area contributed by atoms with Crippen molar-refractivity contribution >= 4 is 30.8 Å². The van der Waals surface area contributed by atoms with Crippen LogP contribution < -0.4 is 15.7 Å². The van der Waals surface area contributed by atoms with Crippen LogP contribution in [-0.2, 0) is 18.7 Å². The maximum atomic E-state index is 12.6. The van der Waals surface area contributed by atoms with Crippen molar-refractivity contribution in [3.8, 4) is 0 Å². The summed E-state index contributed by atoms with van der Waals surface area (Å²) in [6.07, 6.45) is 2.95. The molecule has 36 heavy (non-hydrogen) atoms. The van der Waals surface area contributed by atoms with E-state index < -0.39 is 32.0 Å². The van der Waals surface area contributed by atoms with Crippen molar-refractivity contribution < 1.29 is 23.5 Å². The number of carbonyl (C=O) groups is 2. The van der Waals surface area contributed by atoms with E-state index in [0.29, 0.717) is 13.0 Å². The number of rotatable bonds is 10. The summed E-state index contributed by atoms with van der Waals surface area (Å²) in [5.41, 5.74) is -0.631. The Balaban J connectivity index is 2.41. The molecule has 196 valence electrons. The minimum Gasteiger partial charge on any atom is -0.463 e. The normalized spacial score (nSPS) is 13.3. The van der Waals surface area contributed by atoms with E-state index in [4.69, 9.17) is 13.9 Å². The average Bonchev–Trinajstić information content (AvgIpc) is 2.78. The van der Waals surface area contributed by atoms with Gasteiger partial charge >= 0.3 is 12.1 Å². The molecule has 0 aliphatic carbocycles. The quantitative estimate of drug-likeness (QED) is 0.277. The van der Waals surface area contributed by atoms with Gasteiger partial charge in [-0.15, -0.1) is 0 Å². The number of hydrogen-bond acceptors (Lipinski definition) is 5. The van der Waals surface area contributed by atoms with Gasteiger partial charge in [-0.3, -0.25) is 0 Å². The highest BCUT2D eigenvalue weighted by molar-refractivity contribution is 6.99. The Hall–Kier alpha value is -2.90. The number of esters is 1. The summed E-state index contributed by atoms with van der Waals surface area (Å²) in [4.78, 5) is 24.4. The van der Waals surface area contributed by atoms with Crippen molar-refractivity contribution in [1.29, 1.82) is 0 Å². The lowest BCUT2D eigenvalue weighted by atomic mass is 10.2. The highest BCUT2D eigenvalue weighted by Crippen LogP contribution is 2.36. The standard InChI is InChI=1S/C29H41NO5Si/c1-8-33-26(31)21-15-16-23(30-27(32)35-28(2,3)4)22-34-36(29(5,6)7,24-17-11-9-12-18-24)25-19-13-10-14-20-25/h9-15,17-21,23H,8,16,22H2,1-7H3,(H,30,32)/b21-15+/t23-/m0/s1. The molecule has 6 nitrogen and oxygen atoms in total. The van der Waals surface area contributed by atoms with Crippen LogP contribution in [0.5, 0.6) is 0 Å². The van der Waals surface area contributed by atoms with Crippen molar-refractivity contribution in [2.75, 3.05) is 13.2 Å². The van der Waals surface area contributed by atoms with Crippen LogP contribution in [0, 0.1) is 0 Å². The number of nitrogens with one attached hydrogen (secondary N) is 1. The van der Waals surface area contributed by atoms with Crippen LogP contribution in [0.1, 0.15) is 54.9 Å². The third kappa shape index (κ3) is 8.35. The molecule has 2 aromatic carbocycles. The Labute approximate surface area is 217 Å². The molecule has 0 fully saturated rings. The van der Waals surface area contributed by atoms with Crippen LogP contribution in [0.2, 0.25) is 5.04 Å². The van der Waals surface area contributed by atoms with Gasteiger partial charge in [0.1, 0.15) is 5.60 Å². The molecule has 0 saturated carbocycles. The fourth-order valence-electron chi connectivity index (χ4n) is 4.15. The Morgan fingerprint density at radius 1 is 0.917 bits per heavy atom. The molecule has 1 N–H and O–H groups in total. The Morgan fingerprint density at radius 3 is 1.89 bits per heavy atom. The van der Waals surface area contributed by atoms with Crippen LogP contribution in [0.4, 0.5) is 4.79 Å². The molecule has 0 heterocycles. The van der Waals surface area contributed by atoms with Gasteiger partial charge in [0.2, 0.25) is 0 Å². The van der Waals surface area contributed by atoms with Crippen molar-refractivity contribution in [1.82, 2.24) is 5.32 Å². The molecule has 0 radical (unpaired) electrons. The van der Waals surface area contributed by atoms with Crippen LogP contribution in [0.3, 0.4) is 0 Å². The molecule has 7 heteroatoms. The van der Waals surface area contributed by atoms with E-state index in [2.05, 4.69) is 50.4 Å². The van der Waals surface area contributed by atoms with Gasteiger partial charge in [0, 0.05) is 6.08 Å². The topological polar surface area (TPSA) is 73.9 Å². The fourth-order valence-corrected chi connectivity index (χ4v) is 8.76. The third-order valence-corrected chi connectivity index (χ3v) is 10.6. The number of amides is 1. The fraction of sp³-hybridized carbons (Fsp3) is 0.448. The van der Waals surface area contributed by atoms with Crippen LogP contribution >= 0.6 is 0 Å². The first-order chi connectivity index (χ1) is 16.9. The van der Waals surface area contributed by atoms with Crippen LogP contribution in [-0.4, -0.2) is 45.2 Å². The molecule has 1 atom stereocenters. The van der Waals surface area contributed by atoms with Gasteiger partial charge in [-0.1, -0.05) is 87.5 Å². The number of alkyl carbamates (subject to hydrolysis) is 1. The predicted molar refractivity (Wildman–Crippen MR) is 147 cm³/mol. The second kappa shape index (κ2) is 12.9. The summed E-state index contributed by atoms with van der Waals surface area (Å²) < 4.78 is 17.5. The summed E-state index contributed by atoms with van der Waals surface area (Å²) in [6, 6.07) is 20.2. The molecule has 0 saturated heterocycles. The Bertz CT molecular complexity index is 954. The smallest absolute Gasteiger partial charge is 0.407 e. The number of ether oxygens (including phenoxy) is 2. The summed E-state index contributed by atoms with van der Waals surface area (Å²) in [6.45, 7) is 14.4. The van der Waals surface area contributed by atoms with E-state index in [1.54, 1.807) is 13.0 Å². The van der Waals surface area contributed by atoms with E-state index in [0.717, 1.165) is 10.4 Å².